The molecule has 0 bridgehead atoms. The summed E-state index contributed by atoms with van der Waals surface area (Å²) >= 11 is 0. The van der Waals surface area contributed by atoms with Crippen molar-refractivity contribution in [1.29, 1.82) is 0 Å². The fourth-order valence-electron chi connectivity index (χ4n) is 2.37. The summed E-state index contributed by atoms with van der Waals surface area (Å²) in [7, 11) is 0. The van der Waals surface area contributed by atoms with E-state index in [2.05, 4.69) is 26.0 Å². The molecule has 2 rings (SSSR count). The Hall–Kier alpha value is -1.31. The Bertz CT molecular complexity index is 360. The molecule has 86 valence electrons. The van der Waals surface area contributed by atoms with Crippen LogP contribution in [0.15, 0.2) is 30.3 Å². The second kappa shape index (κ2) is 4.69. The summed E-state index contributed by atoms with van der Waals surface area (Å²) in [4.78, 5) is 13.9. The van der Waals surface area contributed by atoms with Gasteiger partial charge in [-0.1, -0.05) is 43.7 Å². The van der Waals surface area contributed by atoms with Crippen molar-refractivity contribution < 1.29 is 4.79 Å². The van der Waals surface area contributed by atoms with Gasteiger partial charge in [0.1, 0.15) is 0 Å². The summed E-state index contributed by atoms with van der Waals surface area (Å²) in [6.45, 7) is 5.20. The van der Waals surface area contributed by atoms with Crippen molar-refractivity contribution >= 4 is 5.91 Å². The summed E-state index contributed by atoms with van der Waals surface area (Å²) in [5.74, 6) is 0.863. The molecule has 0 spiro atoms. The first-order valence-electron chi connectivity index (χ1n) is 6.06. The minimum absolute atomic E-state index is 0.213. The van der Waals surface area contributed by atoms with Crippen molar-refractivity contribution in [3.63, 3.8) is 0 Å². The number of nitrogens with zero attached hydrogens (tertiary/aromatic N) is 1. The zero-order valence-corrected chi connectivity index (χ0v) is 10.0. The molecule has 1 saturated heterocycles. The van der Waals surface area contributed by atoms with Crippen LogP contribution in [0.25, 0.3) is 0 Å². The summed E-state index contributed by atoms with van der Waals surface area (Å²) < 4.78 is 0. The topological polar surface area (TPSA) is 20.3 Å². The van der Waals surface area contributed by atoms with Gasteiger partial charge in [-0.05, 0) is 18.4 Å². The van der Waals surface area contributed by atoms with Gasteiger partial charge in [-0.2, -0.15) is 0 Å². The zero-order chi connectivity index (χ0) is 11.5. The Kier molecular flexibility index (Phi) is 3.28. The smallest absolute Gasteiger partial charge is 0.223 e. The lowest BCUT2D eigenvalue weighted by Gasteiger charge is -2.25. The molecule has 2 heteroatoms. The molecule has 1 aromatic carbocycles. The van der Waals surface area contributed by atoms with Crippen LogP contribution in [0.1, 0.15) is 38.3 Å². The van der Waals surface area contributed by atoms with Crippen LogP contribution >= 0.6 is 0 Å². The SMILES string of the molecule is CCC1CC(=O)N(C(C)c2ccccc2)C1. The maximum absolute atomic E-state index is 11.9. The minimum atomic E-state index is 0.213. The van der Waals surface area contributed by atoms with Gasteiger partial charge in [0, 0.05) is 13.0 Å². The molecule has 0 aliphatic carbocycles. The third-order valence-corrected chi connectivity index (χ3v) is 3.57. The van der Waals surface area contributed by atoms with Gasteiger partial charge in [-0.15, -0.1) is 0 Å². The average Bonchev–Trinajstić information content (AvgIpc) is 2.71. The van der Waals surface area contributed by atoms with Crippen LogP contribution in [-0.4, -0.2) is 17.4 Å². The fraction of sp³-hybridized carbons (Fsp3) is 0.500. The Balaban J connectivity index is 2.11. The van der Waals surface area contributed by atoms with E-state index in [-0.39, 0.29) is 6.04 Å². The predicted molar refractivity (Wildman–Crippen MR) is 65.0 cm³/mol. The lowest BCUT2D eigenvalue weighted by atomic mass is 10.1. The molecule has 0 saturated carbocycles. The Morgan fingerprint density at radius 1 is 1.38 bits per heavy atom. The highest BCUT2D eigenvalue weighted by molar-refractivity contribution is 5.79. The molecular weight excluding hydrogens is 198 g/mol. The van der Waals surface area contributed by atoms with Crippen molar-refractivity contribution in [3.05, 3.63) is 35.9 Å². The number of carbonyl (C=O) groups is 1. The molecule has 16 heavy (non-hydrogen) atoms. The van der Waals surface area contributed by atoms with E-state index in [9.17, 15) is 4.79 Å². The van der Waals surface area contributed by atoms with Gasteiger partial charge in [0.25, 0.3) is 0 Å². The molecule has 2 nitrogen and oxygen atoms in total. The molecule has 1 heterocycles. The van der Waals surface area contributed by atoms with Crippen molar-refractivity contribution in [2.75, 3.05) is 6.54 Å². The van der Waals surface area contributed by atoms with E-state index in [1.165, 1.54) is 5.56 Å². The number of hydrogen-bond acceptors (Lipinski definition) is 1. The molecule has 1 amide bonds. The molecule has 2 unspecified atom stereocenters. The molecule has 0 N–H and O–H groups in total. The average molecular weight is 217 g/mol. The third-order valence-electron chi connectivity index (χ3n) is 3.57. The quantitative estimate of drug-likeness (QED) is 0.762. The summed E-state index contributed by atoms with van der Waals surface area (Å²) in [5, 5.41) is 0. The Labute approximate surface area is 97.3 Å². The summed E-state index contributed by atoms with van der Waals surface area (Å²) in [6, 6.07) is 10.5. The predicted octanol–water partition coefficient (Wildman–Crippen LogP) is 3.01. The van der Waals surface area contributed by atoms with E-state index < -0.39 is 0 Å². The van der Waals surface area contributed by atoms with Crippen LogP contribution in [0, 0.1) is 5.92 Å². The molecule has 0 aromatic heterocycles. The Morgan fingerprint density at radius 3 is 2.62 bits per heavy atom. The largest absolute Gasteiger partial charge is 0.336 e. The number of rotatable bonds is 3. The van der Waals surface area contributed by atoms with Crippen LogP contribution in [0.3, 0.4) is 0 Å². The standard InChI is InChI=1S/C14H19NO/c1-3-12-9-14(16)15(10-12)11(2)13-7-5-4-6-8-13/h4-8,11-12H,3,9-10H2,1-2H3. The normalized spacial score (nSPS) is 22.5. The maximum atomic E-state index is 11.9. The number of carbonyl (C=O) groups excluding carboxylic acids is 1. The number of hydrogen-bond donors (Lipinski definition) is 0. The third kappa shape index (κ3) is 2.11. The van der Waals surface area contributed by atoms with E-state index in [4.69, 9.17) is 0 Å². The molecule has 1 fully saturated rings. The van der Waals surface area contributed by atoms with Gasteiger partial charge in [-0.25, -0.2) is 0 Å². The molecule has 0 radical (unpaired) electrons. The highest BCUT2D eigenvalue weighted by atomic mass is 16.2. The number of likely N-dealkylation sites (tertiary alicyclic amines) is 1. The zero-order valence-electron chi connectivity index (χ0n) is 10.0. The first kappa shape index (κ1) is 11.2. The van der Waals surface area contributed by atoms with Gasteiger partial charge >= 0.3 is 0 Å². The van der Waals surface area contributed by atoms with Crippen molar-refractivity contribution in [1.82, 2.24) is 4.90 Å². The Morgan fingerprint density at radius 2 is 2.06 bits per heavy atom. The van der Waals surface area contributed by atoms with E-state index in [1.54, 1.807) is 0 Å². The minimum Gasteiger partial charge on any atom is -0.336 e. The molecule has 2 atom stereocenters. The van der Waals surface area contributed by atoms with Crippen molar-refractivity contribution in [2.45, 2.75) is 32.7 Å². The van der Waals surface area contributed by atoms with Gasteiger partial charge in [0.2, 0.25) is 5.91 Å². The summed E-state index contributed by atoms with van der Waals surface area (Å²) in [5.41, 5.74) is 1.23. The number of benzene rings is 1. The first-order chi connectivity index (χ1) is 7.72. The van der Waals surface area contributed by atoms with Crippen LogP contribution < -0.4 is 0 Å². The first-order valence-corrected chi connectivity index (χ1v) is 6.06. The summed E-state index contributed by atoms with van der Waals surface area (Å²) in [6.07, 6.45) is 1.83. The fourth-order valence-corrected chi connectivity index (χ4v) is 2.37. The molecular formula is C14H19NO. The van der Waals surface area contributed by atoms with E-state index in [1.807, 2.05) is 23.1 Å². The van der Waals surface area contributed by atoms with Gasteiger partial charge in [0.05, 0.1) is 6.04 Å². The van der Waals surface area contributed by atoms with Gasteiger partial charge in [0.15, 0.2) is 0 Å². The van der Waals surface area contributed by atoms with Crippen LogP contribution in [-0.2, 0) is 4.79 Å². The molecule has 1 aliphatic heterocycles. The maximum Gasteiger partial charge on any atom is 0.223 e. The van der Waals surface area contributed by atoms with Crippen LogP contribution in [0.4, 0.5) is 0 Å². The monoisotopic (exact) mass is 217 g/mol. The van der Waals surface area contributed by atoms with Crippen LogP contribution in [0.5, 0.6) is 0 Å². The van der Waals surface area contributed by atoms with E-state index >= 15 is 0 Å². The second-order valence-corrected chi connectivity index (χ2v) is 4.61. The lowest BCUT2D eigenvalue weighted by molar-refractivity contribution is -0.129. The lowest BCUT2D eigenvalue weighted by Crippen LogP contribution is -2.28. The van der Waals surface area contributed by atoms with Crippen LogP contribution in [0.2, 0.25) is 0 Å². The number of amides is 1. The van der Waals surface area contributed by atoms with Crippen molar-refractivity contribution in [3.8, 4) is 0 Å². The second-order valence-electron chi connectivity index (χ2n) is 4.61. The van der Waals surface area contributed by atoms with E-state index in [0.717, 1.165) is 19.4 Å². The van der Waals surface area contributed by atoms with E-state index in [0.29, 0.717) is 11.8 Å². The highest BCUT2D eigenvalue weighted by Gasteiger charge is 2.31. The highest BCUT2D eigenvalue weighted by Crippen LogP contribution is 2.29. The molecule has 1 aromatic rings. The molecule has 1 aliphatic rings. The van der Waals surface area contributed by atoms with Crippen molar-refractivity contribution in [2.24, 2.45) is 5.92 Å². The van der Waals surface area contributed by atoms with Gasteiger partial charge < -0.3 is 4.90 Å². The van der Waals surface area contributed by atoms with Gasteiger partial charge in [-0.3, -0.25) is 4.79 Å².